The van der Waals surface area contributed by atoms with Gasteiger partial charge in [0, 0.05) is 23.6 Å². The number of carbonyl (C=O) groups excluding carboxylic acids is 1. The van der Waals surface area contributed by atoms with Gasteiger partial charge in [-0.1, -0.05) is 48.5 Å². The Hall–Kier alpha value is -2.55. The van der Waals surface area contributed by atoms with Crippen molar-refractivity contribution in [3.63, 3.8) is 0 Å². The molecular weight excluding hydrogens is 274 g/mol. The molecule has 0 saturated carbocycles. The summed E-state index contributed by atoms with van der Waals surface area (Å²) in [6.07, 6.45) is 0.306. The van der Waals surface area contributed by atoms with Gasteiger partial charge in [0.05, 0.1) is 6.42 Å². The summed E-state index contributed by atoms with van der Waals surface area (Å²) in [7, 11) is 2.02. The lowest BCUT2D eigenvalue weighted by Crippen LogP contribution is -2.09. The second-order valence-electron chi connectivity index (χ2n) is 5.46. The van der Waals surface area contributed by atoms with E-state index in [2.05, 4.69) is 16.7 Å². The number of esters is 1. The Morgan fingerprint density at radius 1 is 1.05 bits per heavy atom. The van der Waals surface area contributed by atoms with Crippen molar-refractivity contribution in [2.24, 2.45) is 7.05 Å². The Kier molecular flexibility index (Phi) is 3.96. The van der Waals surface area contributed by atoms with Crippen molar-refractivity contribution >= 4 is 16.9 Å². The van der Waals surface area contributed by atoms with Crippen molar-refractivity contribution in [1.29, 1.82) is 0 Å². The lowest BCUT2D eigenvalue weighted by molar-refractivity contribution is -0.144. The molecular formula is C19H19NO2. The molecule has 0 spiro atoms. The first-order valence-electron chi connectivity index (χ1n) is 7.39. The van der Waals surface area contributed by atoms with Crippen LogP contribution >= 0.6 is 0 Å². The average Bonchev–Trinajstić information content (AvgIpc) is 2.79. The molecule has 0 bridgehead atoms. The first-order valence-corrected chi connectivity index (χ1v) is 7.39. The fourth-order valence-electron chi connectivity index (χ4n) is 2.76. The lowest BCUT2D eigenvalue weighted by atomic mass is 10.1. The van der Waals surface area contributed by atoms with Gasteiger partial charge < -0.3 is 9.30 Å². The molecule has 1 heterocycles. The Labute approximate surface area is 130 Å². The molecule has 3 heteroatoms. The predicted molar refractivity (Wildman–Crippen MR) is 87.6 cm³/mol. The number of aryl methyl sites for hydroxylation is 1. The third-order valence-electron chi connectivity index (χ3n) is 4.09. The molecule has 0 radical (unpaired) electrons. The van der Waals surface area contributed by atoms with E-state index in [9.17, 15) is 4.79 Å². The highest BCUT2D eigenvalue weighted by molar-refractivity contribution is 5.89. The SMILES string of the molecule is Cc1c(CC(=O)OCc2ccccc2)c2ccccc2n1C. The standard InChI is InChI=1S/C19H19NO2/c1-14-17(16-10-6-7-11-18(16)20(14)2)12-19(21)22-13-15-8-4-3-5-9-15/h3-11H,12-13H2,1-2H3. The lowest BCUT2D eigenvalue weighted by Gasteiger charge is -2.06. The monoisotopic (exact) mass is 293 g/mol. The van der Waals surface area contributed by atoms with Crippen molar-refractivity contribution in [3.8, 4) is 0 Å². The number of benzene rings is 2. The maximum absolute atomic E-state index is 12.2. The first-order chi connectivity index (χ1) is 10.7. The van der Waals surface area contributed by atoms with Crippen LogP contribution < -0.4 is 0 Å². The first kappa shape index (κ1) is 14.4. The van der Waals surface area contributed by atoms with E-state index < -0.39 is 0 Å². The number of aromatic nitrogens is 1. The molecule has 0 unspecified atom stereocenters. The maximum Gasteiger partial charge on any atom is 0.310 e. The molecule has 0 aliphatic rings. The fourth-order valence-corrected chi connectivity index (χ4v) is 2.76. The van der Waals surface area contributed by atoms with E-state index in [-0.39, 0.29) is 5.97 Å². The van der Waals surface area contributed by atoms with Gasteiger partial charge in [-0.05, 0) is 24.1 Å². The molecule has 0 aliphatic heterocycles. The largest absolute Gasteiger partial charge is 0.461 e. The molecule has 0 aliphatic carbocycles. The quantitative estimate of drug-likeness (QED) is 0.686. The molecule has 0 N–H and O–H groups in total. The van der Waals surface area contributed by atoms with E-state index in [1.165, 1.54) is 0 Å². The summed E-state index contributed by atoms with van der Waals surface area (Å²) < 4.78 is 7.52. The topological polar surface area (TPSA) is 31.2 Å². The van der Waals surface area contributed by atoms with Crippen molar-refractivity contribution in [2.45, 2.75) is 20.0 Å². The Morgan fingerprint density at radius 3 is 2.50 bits per heavy atom. The minimum atomic E-state index is -0.191. The minimum absolute atomic E-state index is 0.191. The van der Waals surface area contributed by atoms with Crippen LogP contribution in [-0.2, 0) is 29.6 Å². The molecule has 1 aromatic heterocycles. The summed E-state index contributed by atoms with van der Waals surface area (Å²) in [6, 6.07) is 17.9. The predicted octanol–water partition coefficient (Wildman–Crippen LogP) is 3.77. The highest BCUT2D eigenvalue weighted by Gasteiger charge is 2.15. The van der Waals surface area contributed by atoms with E-state index in [4.69, 9.17) is 4.74 Å². The van der Waals surface area contributed by atoms with Gasteiger partial charge in [-0.2, -0.15) is 0 Å². The van der Waals surface area contributed by atoms with E-state index >= 15 is 0 Å². The summed E-state index contributed by atoms with van der Waals surface area (Å²) in [5, 5.41) is 1.12. The number of hydrogen-bond acceptors (Lipinski definition) is 2. The van der Waals surface area contributed by atoms with Gasteiger partial charge >= 0.3 is 5.97 Å². The van der Waals surface area contributed by atoms with Crippen molar-refractivity contribution in [3.05, 3.63) is 71.4 Å². The smallest absolute Gasteiger partial charge is 0.310 e. The number of para-hydroxylation sites is 1. The van der Waals surface area contributed by atoms with Crippen LogP contribution in [0, 0.1) is 6.92 Å². The van der Waals surface area contributed by atoms with E-state index in [1.54, 1.807) is 0 Å². The van der Waals surface area contributed by atoms with Gasteiger partial charge in [-0.15, -0.1) is 0 Å². The van der Waals surface area contributed by atoms with E-state index in [1.807, 2.05) is 56.4 Å². The van der Waals surface area contributed by atoms with Gasteiger partial charge in [-0.3, -0.25) is 4.79 Å². The number of carbonyl (C=O) groups is 1. The van der Waals surface area contributed by atoms with Crippen molar-refractivity contribution in [1.82, 2.24) is 4.57 Å². The summed E-state index contributed by atoms with van der Waals surface area (Å²) in [6.45, 7) is 2.36. The van der Waals surface area contributed by atoms with Crippen LogP contribution in [0.5, 0.6) is 0 Å². The molecule has 3 nitrogen and oxygen atoms in total. The molecule has 0 atom stereocenters. The summed E-state index contributed by atoms with van der Waals surface area (Å²) in [5.74, 6) is -0.191. The second kappa shape index (κ2) is 6.06. The Morgan fingerprint density at radius 2 is 1.73 bits per heavy atom. The number of hydrogen-bond donors (Lipinski definition) is 0. The number of nitrogens with zero attached hydrogens (tertiary/aromatic N) is 1. The molecule has 0 saturated heterocycles. The van der Waals surface area contributed by atoms with Crippen LogP contribution in [0.2, 0.25) is 0 Å². The zero-order valence-electron chi connectivity index (χ0n) is 12.9. The van der Waals surface area contributed by atoms with Crippen LogP contribution in [0.15, 0.2) is 54.6 Å². The third kappa shape index (κ3) is 2.75. The Bertz CT molecular complexity index is 803. The van der Waals surface area contributed by atoms with Gasteiger partial charge in [0.15, 0.2) is 0 Å². The van der Waals surface area contributed by atoms with Crippen LogP contribution in [0.1, 0.15) is 16.8 Å². The Balaban J connectivity index is 1.76. The van der Waals surface area contributed by atoms with Crippen LogP contribution in [0.4, 0.5) is 0 Å². The van der Waals surface area contributed by atoms with Gasteiger partial charge in [-0.25, -0.2) is 0 Å². The summed E-state index contributed by atoms with van der Waals surface area (Å²) >= 11 is 0. The number of ether oxygens (including phenoxy) is 1. The van der Waals surface area contributed by atoms with Gasteiger partial charge in [0.2, 0.25) is 0 Å². The maximum atomic E-state index is 12.2. The average molecular weight is 293 g/mol. The molecule has 0 amide bonds. The molecule has 112 valence electrons. The normalized spacial score (nSPS) is 10.8. The molecule has 22 heavy (non-hydrogen) atoms. The fraction of sp³-hybridized carbons (Fsp3) is 0.211. The number of fused-ring (bicyclic) bond motifs is 1. The van der Waals surface area contributed by atoms with Crippen molar-refractivity contribution < 1.29 is 9.53 Å². The van der Waals surface area contributed by atoms with Gasteiger partial charge in [0.25, 0.3) is 0 Å². The molecule has 3 rings (SSSR count). The zero-order chi connectivity index (χ0) is 15.5. The zero-order valence-corrected chi connectivity index (χ0v) is 12.9. The molecule has 3 aromatic rings. The van der Waals surface area contributed by atoms with E-state index in [0.717, 1.165) is 27.7 Å². The summed E-state index contributed by atoms with van der Waals surface area (Å²) in [5.41, 5.74) is 4.31. The highest BCUT2D eigenvalue weighted by atomic mass is 16.5. The van der Waals surface area contributed by atoms with Crippen LogP contribution in [-0.4, -0.2) is 10.5 Å². The second-order valence-corrected chi connectivity index (χ2v) is 5.46. The minimum Gasteiger partial charge on any atom is -0.461 e. The third-order valence-corrected chi connectivity index (χ3v) is 4.09. The molecule has 0 fully saturated rings. The van der Waals surface area contributed by atoms with Crippen LogP contribution in [0.25, 0.3) is 10.9 Å². The van der Waals surface area contributed by atoms with Gasteiger partial charge in [0.1, 0.15) is 6.61 Å². The van der Waals surface area contributed by atoms with Crippen molar-refractivity contribution in [2.75, 3.05) is 0 Å². The van der Waals surface area contributed by atoms with Crippen LogP contribution in [0.3, 0.4) is 0 Å². The summed E-state index contributed by atoms with van der Waals surface area (Å²) in [4.78, 5) is 12.2. The number of rotatable bonds is 4. The highest BCUT2D eigenvalue weighted by Crippen LogP contribution is 2.25. The van der Waals surface area contributed by atoms with E-state index in [0.29, 0.717) is 13.0 Å². The molecule has 2 aromatic carbocycles.